The van der Waals surface area contributed by atoms with Crippen LogP contribution in [0.25, 0.3) is 66.5 Å². The average molecular weight is 1160 g/mol. The third kappa shape index (κ3) is 11.0. The van der Waals surface area contributed by atoms with E-state index in [1.165, 1.54) is 0 Å². The lowest BCUT2D eigenvalue weighted by Gasteiger charge is -2.39. The predicted octanol–water partition coefficient (Wildman–Crippen LogP) is 16.7. The molecule has 444 valence electrons. The lowest BCUT2D eigenvalue weighted by molar-refractivity contribution is -0.164. The summed E-state index contributed by atoms with van der Waals surface area (Å²) in [5, 5.41) is 16.6. The van der Waals surface area contributed by atoms with Crippen molar-refractivity contribution in [3.63, 3.8) is 0 Å². The highest BCUT2D eigenvalue weighted by molar-refractivity contribution is 6.27. The molecule has 4 aromatic carbocycles. The highest BCUT2D eigenvalue weighted by atomic mass is 16.7. The lowest BCUT2D eigenvalue weighted by atomic mass is 9.82. The van der Waals surface area contributed by atoms with Crippen LogP contribution in [0.4, 0.5) is 17.5 Å². The van der Waals surface area contributed by atoms with Gasteiger partial charge in [-0.2, -0.15) is 0 Å². The molecular formula is C72H75N9O6. The number of fused-ring (bicyclic) bond motifs is 9. The highest BCUT2D eigenvalue weighted by Crippen LogP contribution is 2.57. The SMILES string of the molecule is CC(C)(C)C1(CCCNc2cccc(-c3ccccn3)n2)Oc2cc3c4cc5c(cc4c4cc6c(cc4c3cc2O1)OC(CCCNc1cccc(-c2ccccn2)n1)(C(C)(C)C)O6)OC(CCCNc1cccc(-c2ccccn2)n1)(C(C)(C)C)O5. The van der Waals surface area contributed by atoms with Crippen molar-refractivity contribution in [2.24, 2.45) is 16.2 Å². The Morgan fingerprint density at radius 3 is 0.770 bits per heavy atom. The zero-order chi connectivity index (χ0) is 60.2. The maximum atomic E-state index is 7.18. The molecule has 0 saturated heterocycles. The monoisotopic (exact) mass is 1160 g/mol. The van der Waals surface area contributed by atoms with Gasteiger partial charge in [-0.25, -0.2) is 15.0 Å². The van der Waals surface area contributed by atoms with Gasteiger partial charge < -0.3 is 44.4 Å². The van der Waals surface area contributed by atoms with Gasteiger partial charge >= 0.3 is 0 Å². The topological polar surface area (TPSA) is 169 Å². The minimum Gasteiger partial charge on any atom is -0.448 e. The van der Waals surface area contributed by atoms with Gasteiger partial charge in [0.15, 0.2) is 34.5 Å². The number of ether oxygens (including phenoxy) is 6. The Morgan fingerprint density at radius 2 is 0.552 bits per heavy atom. The summed E-state index contributed by atoms with van der Waals surface area (Å²) in [6.07, 6.45) is 9.46. The second-order valence-electron chi connectivity index (χ2n) is 26.1. The summed E-state index contributed by atoms with van der Waals surface area (Å²) in [7, 11) is 0. The van der Waals surface area contributed by atoms with E-state index in [9.17, 15) is 0 Å². The summed E-state index contributed by atoms with van der Waals surface area (Å²) < 4.78 is 43.1. The van der Waals surface area contributed by atoms with E-state index in [0.29, 0.717) is 73.4 Å². The third-order valence-electron chi connectivity index (χ3n) is 17.2. The number of benzene rings is 4. The third-order valence-corrected chi connectivity index (χ3v) is 17.2. The van der Waals surface area contributed by atoms with Crippen LogP contribution in [0.1, 0.15) is 101 Å². The summed E-state index contributed by atoms with van der Waals surface area (Å²) in [6.45, 7) is 21.6. The van der Waals surface area contributed by atoms with Crippen molar-refractivity contribution in [2.75, 3.05) is 35.6 Å². The number of rotatable bonds is 18. The first kappa shape index (κ1) is 56.9. The smallest absolute Gasteiger partial charge is 0.256 e. The van der Waals surface area contributed by atoms with E-state index >= 15 is 0 Å². The van der Waals surface area contributed by atoms with E-state index in [1.54, 1.807) is 18.6 Å². The van der Waals surface area contributed by atoms with Crippen LogP contribution in [0.15, 0.2) is 164 Å². The first-order valence-corrected chi connectivity index (χ1v) is 30.4. The van der Waals surface area contributed by atoms with Gasteiger partial charge in [-0.1, -0.05) is 98.7 Å². The molecular weight excluding hydrogens is 1090 g/mol. The van der Waals surface area contributed by atoms with Gasteiger partial charge in [-0.05, 0) is 161 Å². The summed E-state index contributed by atoms with van der Waals surface area (Å²) >= 11 is 0. The Labute approximate surface area is 508 Å². The number of hydrogen-bond donors (Lipinski definition) is 3. The molecule has 15 heteroatoms. The van der Waals surface area contributed by atoms with Crippen molar-refractivity contribution in [2.45, 2.75) is 118 Å². The van der Waals surface area contributed by atoms with E-state index in [1.807, 2.05) is 109 Å². The summed E-state index contributed by atoms with van der Waals surface area (Å²) in [5.74, 6) is 3.54. The van der Waals surface area contributed by atoms with Gasteiger partial charge in [-0.15, -0.1) is 0 Å². The van der Waals surface area contributed by atoms with E-state index in [4.69, 9.17) is 43.4 Å². The van der Waals surface area contributed by atoms with E-state index in [2.05, 4.69) is 130 Å². The molecule has 15 nitrogen and oxygen atoms in total. The fourth-order valence-electron chi connectivity index (χ4n) is 12.2. The molecule has 13 rings (SSSR count). The van der Waals surface area contributed by atoms with Gasteiger partial charge in [0.05, 0.1) is 34.2 Å². The van der Waals surface area contributed by atoms with E-state index in [-0.39, 0.29) is 0 Å². The van der Waals surface area contributed by atoms with Crippen LogP contribution in [-0.4, -0.2) is 66.9 Å². The van der Waals surface area contributed by atoms with Crippen LogP contribution in [0.5, 0.6) is 34.5 Å². The molecule has 0 bridgehead atoms. The maximum absolute atomic E-state index is 7.18. The number of anilines is 3. The lowest BCUT2D eigenvalue weighted by Crippen LogP contribution is -2.50. The molecule has 0 atom stereocenters. The van der Waals surface area contributed by atoms with E-state index < -0.39 is 33.6 Å². The second-order valence-corrected chi connectivity index (χ2v) is 26.1. The summed E-state index contributed by atoms with van der Waals surface area (Å²) in [6, 6.07) is 48.4. The Kier molecular flexibility index (Phi) is 14.5. The van der Waals surface area contributed by atoms with E-state index in [0.717, 1.165) is 103 Å². The molecule has 3 aliphatic rings. The normalized spacial score (nSPS) is 18.6. The van der Waals surface area contributed by atoms with Gasteiger partial charge in [0.2, 0.25) is 0 Å². The van der Waals surface area contributed by atoms with Crippen molar-refractivity contribution in [3.8, 4) is 68.7 Å². The molecule has 87 heavy (non-hydrogen) atoms. The van der Waals surface area contributed by atoms with Crippen molar-refractivity contribution in [1.82, 2.24) is 29.9 Å². The first-order valence-electron chi connectivity index (χ1n) is 30.4. The fourth-order valence-corrected chi connectivity index (χ4v) is 12.2. The number of nitrogens with one attached hydrogen (secondary N) is 3. The van der Waals surface area contributed by atoms with Crippen molar-refractivity contribution < 1.29 is 28.4 Å². The van der Waals surface area contributed by atoms with Gasteiger partial charge in [0, 0.05) is 73.7 Å². The number of nitrogens with zero attached hydrogens (tertiary/aromatic N) is 6. The molecule has 6 aromatic heterocycles. The molecule has 0 aliphatic carbocycles. The van der Waals surface area contributed by atoms with Crippen LogP contribution in [0.2, 0.25) is 0 Å². The maximum Gasteiger partial charge on any atom is 0.256 e. The molecule has 0 fully saturated rings. The first-order chi connectivity index (χ1) is 41.9. The van der Waals surface area contributed by atoms with Crippen LogP contribution >= 0.6 is 0 Å². The molecule has 9 heterocycles. The number of hydrogen-bond acceptors (Lipinski definition) is 15. The predicted molar refractivity (Wildman–Crippen MR) is 345 cm³/mol. The Hall–Kier alpha value is -9.24. The minimum absolute atomic E-state index is 0.421. The van der Waals surface area contributed by atoms with Crippen LogP contribution in [-0.2, 0) is 0 Å². The molecule has 10 aromatic rings. The largest absolute Gasteiger partial charge is 0.448 e. The van der Waals surface area contributed by atoms with Gasteiger partial charge in [0.25, 0.3) is 17.4 Å². The van der Waals surface area contributed by atoms with Gasteiger partial charge in [0.1, 0.15) is 17.5 Å². The van der Waals surface area contributed by atoms with Gasteiger partial charge in [-0.3, -0.25) is 15.0 Å². The molecule has 0 amide bonds. The van der Waals surface area contributed by atoms with Crippen LogP contribution in [0, 0.1) is 16.2 Å². The van der Waals surface area contributed by atoms with Crippen molar-refractivity contribution in [3.05, 3.63) is 164 Å². The quantitative estimate of drug-likeness (QED) is 0.0548. The standard InChI is InChI=1S/C72H75N9O6/c1-67(2,3)70(31-19-37-76-64-28-16-25-55(79-64)52-22-10-13-34-73-52)82-58-40-46-47(41-59(58)83-70)49-43-61-63(87-72(85-61,69(7,8)9)33-21-39-78-66-30-18-27-57(81-66)54-24-12-15-36-75-54)45-51(49)50-44-62-60(42-48(46)50)84-71(86-62,68(4,5)6)32-20-38-77-65-29-17-26-56(80-65)53-23-11-14-35-74-53/h10-18,22-30,34-36,40-45H,19-21,31-33,37-39H2,1-9H3,(H,76,79)(H,77,80)(H,78,81). The molecule has 3 aliphatic heterocycles. The van der Waals surface area contributed by atoms with Crippen LogP contribution in [0.3, 0.4) is 0 Å². The summed E-state index contributed by atoms with van der Waals surface area (Å²) in [4.78, 5) is 28.1. The van der Waals surface area contributed by atoms with Crippen molar-refractivity contribution >= 4 is 49.8 Å². The zero-order valence-corrected chi connectivity index (χ0v) is 51.1. The minimum atomic E-state index is -0.974. The fraction of sp³-hybridized carbons (Fsp3) is 0.333. The summed E-state index contributed by atoms with van der Waals surface area (Å²) in [5.41, 5.74) is 3.66. The molecule has 0 unspecified atom stereocenters. The van der Waals surface area contributed by atoms with Crippen LogP contribution < -0.4 is 44.4 Å². The number of aromatic nitrogens is 6. The second kappa shape index (κ2) is 22.2. The zero-order valence-electron chi connectivity index (χ0n) is 51.1. The Morgan fingerprint density at radius 1 is 0.310 bits per heavy atom. The average Bonchev–Trinajstić information content (AvgIpc) is 1.65. The molecule has 0 spiro atoms. The number of pyridine rings is 6. The molecule has 0 saturated carbocycles. The molecule has 0 radical (unpaired) electrons. The molecule has 3 N–H and O–H groups in total. The highest BCUT2D eigenvalue weighted by Gasteiger charge is 2.54. The Bertz CT molecular complexity index is 3610. The van der Waals surface area contributed by atoms with Crippen molar-refractivity contribution in [1.29, 1.82) is 0 Å². The Balaban J connectivity index is 0.821.